The van der Waals surface area contributed by atoms with Crippen LogP contribution in [-0.4, -0.2) is 51.0 Å². The van der Waals surface area contributed by atoms with Crippen molar-refractivity contribution in [2.45, 2.75) is 0 Å². The third-order valence-corrected chi connectivity index (χ3v) is 2.85. The number of imide groups is 1. The number of carbonyl (C=O) groups excluding carboxylic acids is 2. The number of nitrogens with zero attached hydrogens (tertiary/aromatic N) is 2. The van der Waals surface area contributed by atoms with Crippen LogP contribution in [0.2, 0.25) is 0 Å². The molecule has 0 atom stereocenters. The second-order valence-electron chi connectivity index (χ2n) is 4.10. The molecule has 1 heterocycles. The maximum absolute atomic E-state index is 11.4. The van der Waals surface area contributed by atoms with Gasteiger partial charge in [-0.1, -0.05) is 0 Å². The number of nitrogens with one attached hydrogen (secondary N) is 1. The number of hydrazone groups is 1. The van der Waals surface area contributed by atoms with Crippen LogP contribution in [0.4, 0.5) is 4.79 Å². The quantitative estimate of drug-likeness (QED) is 0.634. The molecule has 1 aromatic carbocycles. The molecule has 1 fully saturated rings. The second kappa shape index (κ2) is 6.12. The summed E-state index contributed by atoms with van der Waals surface area (Å²) in [5.74, 6) is 1.13. The van der Waals surface area contributed by atoms with E-state index in [0.717, 1.165) is 5.01 Å². The maximum Gasteiger partial charge on any atom is 0.344 e. The average molecular weight is 293 g/mol. The first kappa shape index (κ1) is 14.6. The van der Waals surface area contributed by atoms with Crippen LogP contribution in [0.15, 0.2) is 17.2 Å². The van der Waals surface area contributed by atoms with Crippen molar-refractivity contribution in [2.24, 2.45) is 5.10 Å². The third-order valence-electron chi connectivity index (χ3n) is 2.85. The van der Waals surface area contributed by atoms with Gasteiger partial charge in [-0.15, -0.1) is 0 Å². The number of hydrogen-bond acceptors (Lipinski definition) is 6. The normalized spacial score (nSPS) is 14.5. The minimum atomic E-state index is -0.560. The summed E-state index contributed by atoms with van der Waals surface area (Å²) < 4.78 is 15.6. The van der Waals surface area contributed by atoms with Crippen LogP contribution in [0.1, 0.15) is 5.56 Å². The van der Waals surface area contributed by atoms with Gasteiger partial charge in [0, 0.05) is 11.6 Å². The highest BCUT2D eigenvalue weighted by Gasteiger charge is 2.26. The second-order valence-corrected chi connectivity index (χ2v) is 4.10. The lowest BCUT2D eigenvalue weighted by molar-refractivity contribution is -0.118. The standard InChI is InChI=1S/C13H15N3O5/c1-19-9-5-11(21-3)10(20-2)4-8(9)6-14-16-7-12(17)15-13(16)18/h4-6H,7H2,1-3H3,(H,15,17,18)/b14-6+. The van der Waals surface area contributed by atoms with Gasteiger partial charge in [-0.05, 0) is 6.07 Å². The van der Waals surface area contributed by atoms with Crippen molar-refractivity contribution in [3.63, 3.8) is 0 Å². The van der Waals surface area contributed by atoms with E-state index in [9.17, 15) is 9.59 Å². The summed E-state index contributed by atoms with van der Waals surface area (Å²) in [6.45, 7) is -0.106. The van der Waals surface area contributed by atoms with E-state index in [0.29, 0.717) is 22.8 Å². The molecular weight excluding hydrogens is 278 g/mol. The molecule has 1 aliphatic heterocycles. The Balaban J connectivity index is 2.30. The highest BCUT2D eigenvalue weighted by molar-refractivity contribution is 6.02. The molecule has 8 nitrogen and oxygen atoms in total. The molecule has 1 N–H and O–H groups in total. The van der Waals surface area contributed by atoms with Crippen molar-refractivity contribution in [3.05, 3.63) is 17.7 Å². The Morgan fingerprint density at radius 2 is 1.71 bits per heavy atom. The average Bonchev–Trinajstić information content (AvgIpc) is 2.81. The van der Waals surface area contributed by atoms with Gasteiger partial charge in [-0.2, -0.15) is 5.10 Å². The van der Waals surface area contributed by atoms with Gasteiger partial charge in [0.1, 0.15) is 12.3 Å². The molecule has 0 aromatic heterocycles. The number of rotatable bonds is 5. The molecule has 0 bridgehead atoms. The number of amides is 3. The maximum atomic E-state index is 11.4. The van der Waals surface area contributed by atoms with Gasteiger partial charge >= 0.3 is 6.03 Å². The lowest BCUT2D eigenvalue weighted by Crippen LogP contribution is -2.24. The van der Waals surface area contributed by atoms with Crippen molar-refractivity contribution < 1.29 is 23.8 Å². The molecule has 21 heavy (non-hydrogen) atoms. The van der Waals surface area contributed by atoms with E-state index in [2.05, 4.69) is 10.4 Å². The lowest BCUT2D eigenvalue weighted by Gasteiger charge is -2.12. The van der Waals surface area contributed by atoms with Gasteiger partial charge in [0.25, 0.3) is 0 Å². The molecule has 0 unspecified atom stereocenters. The fourth-order valence-electron chi connectivity index (χ4n) is 1.81. The van der Waals surface area contributed by atoms with Gasteiger partial charge < -0.3 is 14.2 Å². The first-order chi connectivity index (χ1) is 10.1. The van der Waals surface area contributed by atoms with Crippen molar-refractivity contribution in [1.29, 1.82) is 0 Å². The smallest absolute Gasteiger partial charge is 0.344 e. The topological polar surface area (TPSA) is 89.5 Å². The largest absolute Gasteiger partial charge is 0.496 e. The summed E-state index contributed by atoms with van der Waals surface area (Å²) in [4.78, 5) is 22.5. The molecule has 0 spiro atoms. The van der Waals surface area contributed by atoms with Crippen LogP contribution in [0, 0.1) is 0 Å². The zero-order valence-electron chi connectivity index (χ0n) is 11.9. The summed E-state index contributed by atoms with van der Waals surface area (Å²) in [5, 5.41) is 7.12. The van der Waals surface area contributed by atoms with Crippen molar-refractivity contribution in [3.8, 4) is 17.2 Å². The highest BCUT2D eigenvalue weighted by Crippen LogP contribution is 2.33. The van der Waals surface area contributed by atoms with Crippen molar-refractivity contribution in [2.75, 3.05) is 27.9 Å². The summed E-state index contributed by atoms with van der Waals surface area (Å²) in [7, 11) is 4.54. The minimum absolute atomic E-state index is 0.106. The van der Waals surface area contributed by atoms with E-state index in [1.165, 1.54) is 27.5 Å². The van der Waals surface area contributed by atoms with Crippen LogP contribution in [0.5, 0.6) is 17.2 Å². The lowest BCUT2D eigenvalue weighted by atomic mass is 10.2. The van der Waals surface area contributed by atoms with Gasteiger partial charge in [-0.25, -0.2) is 9.80 Å². The van der Waals surface area contributed by atoms with Crippen molar-refractivity contribution >= 4 is 18.2 Å². The van der Waals surface area contributed by atoms with E-state index in [4.69, 9.17) is 14.2 Å². The van der Waals surface area contributed by atoms with Crippen molar-refractivity contribution in [1.82, 2.24) is 10.3 Å². The fourth-order valence-corrected chi connectivity index (χ4v) is 1.81. The molecule has 1 aromatic rings. The molecule has 0 saturated carbocycles. The van der Waals surface area contributed by atoms with Gasteiger partial charge in [0.05, 0.1) is 27.5 Å². The minimum Gasteiger partial charge on any atom is -0.496 e. The summed E-state index contributed by atoms with van der Waals surface area (Å²) in [6, 6.07) is 2.75. The Labute approximate surface area is 121 Å². The highest BCUT2D eigenvalue weighted by atomic mass is 16.5. The Kier molecular flexibility index (Phi) is 4.27. The van der Waals surface area contributed by atoms with Gasteiger partial charge in [-0.3, -0.25) is 10.1 Å². The molecule has 1 aliphatic rings. The van der Waals surface area contributed by atoms with E-state index in [-0.39, 0.29) is 6.54 Å². The Morgan fingerprint density at radius 1 is 1.10 bits per heavy atom. The predicted molar refractivity (Wildman–Crippen MR) is 73.9 cm³/mol. The van der Waals surface area contributed by atoms with Crippen LogP contribution in [0.3, 0.4) is 0 Å². The number of methoxy groups -OCH3 is 3. The summed E-state index contributed by atoms with van der Waals surface area (Å²) in [5.41, 5.74) is 0.585. The molecule has 3 amide bonds. The Bertz CT molecular complexity index is 600. The van der Waals surface area contributed by atoms with E-state index in [1.807, 2.05) is 0 Å². The zero-order valence-corrected chi connectivity index (χ0v) is 11.9. The number of ether oxygens (including phenoxy) is 3. The van der Waals surface area contributed by atoms with Gasteiger partial charge in [0.2, 0.25) is 5.91 Å². The number of benzene rings is 1. The Morgan fingerprint density at radius 3 is 2.24 bits per heavy atom. The van der Waals surface area contributed by atoms with E-state index >= 15 is 0 Å². The molecule has 0 radical (unpaired) electrons. The fraction of sp³-hybridized carbons (Fsp3) is 0.308. The molecule has 2 rings (SSSR count). The molecule has 8 heteroatoms. The summed E-state index contributed by atoms with van der Waals surface area (Å²) >= 11 is 0. The predicted octanol–water partition coefficient (Wildman–Crippen LogP) is 0.598. The monoisotopic (exact) mass is 293 g/mol. The van der Waals surface area contributed by atoms with E-state index < -0.39 is 11.9 Å². The SMILES string of the molecule is COc1cc(OC)c(OC)cc1/C=N/N1CC(=O)NC1=O. The Hall–Kier alpha value is -2.77. The number of urea groups is 1. The number of hydrogen-bond donors (Lipinski definition) is 1. The molecule has 0 aliphatic carbocycles. The van der Waals surface area contributed by atoms with Crippen LogP contribution in [-0.2, 0) is 4.79 Å². The first-order valence-electron chi connectivity index (χ1n) is 6.04. The van der Waals surface area contributed by atoms with Gasteiger partial charge in [0.15, 0.2) is 11.5 Å². The molecule has 1 saturated heterocycles. The molecule has 112 valence electrons. The van der Waals surface area contributed by atoms with Crippen LogP contribution >= 0.6 is 0 Å². The molecular formula is C13H15N3O5. The third kappa shape index (κ3) is 3.04. The number of carbonyl (C=O) groups is 2. The summed E-state index contributed by atoms with van der Waals surface area (Å²) in [6.07, 6.45) is 1.42. The van der Waals surface area contributed by atoms with Crippen LogP contribution < -0.4 is 19.5 Å². The van der Waals surface area contributed by atoms with Crippen LogP contribution in [0.25, 0.3) is 0 Å². The first-order valence-corrected chi connectivity index (χ1v) is 6.04. The van der Waals surface area contributed by atoms with E-state index in [1.54, 1.807) is 12.1 Å². The zero-order chi connectivity index (χ0) is 15.4.